The molecule has 0 saturated carbocycles. The lowest BCUT2D eigenvalue weighted by molar-refractivity contribution is 0.191. The van der Waals surface area contributed by atoms with E-state index in [0.29, 0.717) is 12.3 Å². The Morgan fingerprint density at radius 2 is 2.15 bits per heavy atom. The van der Waals surface area contributed by atoms with Gasteiger partial charge in [-0.25, -0.2) is 9.37 Å². The average Bonchev–Trinajstić information content (AvgIpc) is 2.76. The summed E-state index contributed by atoms with van der Waals surface area (Å²) in [6.45, 7) is 1.63. The fourth-order valence-corrected chi connectivity index (χ4v) is 2.53. The third-order valence-corrected chi connectivity index (χ3v) is 3.53. The Balaban J connectivity index is 2.15. The Kier molecular flexibility index (Phi) is 5.80. The van der Waals surface area contributed by atoms with E-state index in [1.807, 2.05) is 0 Å². The number of unbranched alkanes of at least 4 members (excludes halogenated alkanes) is 2. The number of imidazole rings is 1. The number of halogens is 2. The van der Waals surface area contributed by atoms with Gasteiger partial charge in [0.15, 0.2) is 0 Å². The number of fused-ring (bicyclic) bond motifs is 1. The van der Waals surface area contributed by atoms with Crippen molar-refractivity contribution in [1.82, 2.24) is 9.55 Å². The SMILES string of the molecule is COCCCCCn1c(CCCl)nc2ccc(F)cc21. The second-order valence-electron chi connectivity index (χ2n) is 4.81. The van der Waals surface area contributed by atoms with Crippen molar-refractivity contribution < 1.29 is 9.13 Å². The summed E-state index contributed by atoms with van der Waals surface area (Å²) in [6, 6.07) is 4.72. The van der Waals surface area contributed by atoms with Gasteiger partial charge in [0, 0.05) is 32.6 Å². The van der Waals surface area contributed by atoms with Gasteiger partial charge in [-0.05, 0) is 37.5 Å². The normalized spacial score (nSPS) is 11.3. The molecule has 1 heterocycles. The Hall–Kier alpha value is -1.13. The minimum absolute atomic E-state index is 0.226. The molecule has 20 heavy (non-hydrogen) atoms. The highest BCUT2D eigenvalue weighted by atomic mass is 35.5. The van der Waals surface area contributed by atoms with Crippen LogP contribution in [0.1, 0.15) is 25.1 Å². The number of hydrogen-bond acceptors (Lipinski definition) is 2. The summed E-state index contributed by atoms with van der Waals surface area (Å²) >= 11 is 5.83. The maximum atomic E-state index is 13.4. The largest absolute Gasteiger partial charge is 0.385 e. The highest BCUT2D eigenvalue weighted by Crippen LogP contribution is 2.19. The van der Waals surface area contributed by atoms with Crippen LogP contribution >= 0.6 is 11.6 Å². The third kappa shape index (κ3) is 3.70. The molecule has 0 aliphatic carbocycles. The van der Waals surface area contributed by atoms with Crippen LogP contribution in [-0.2, 0) is 17.7 Å². The molecule has 1 aromatic heterocycles. The van der Waals surface area contributed by atoms with Crippen molar-refractivity contribution in [1.29, 1.82) is 0 Å². The van der Waals surface area contributed by atoms with E-state index < -0.39 is 0 Å². The molecule has 2 aromatic rings. The molecular weight excluding hydrogens is 279 g/mol. The van der Waals surface area contributed by atoms with Crippen LogP contribution in [0.3, 0.4) is 0 Å². The second kappa shape index (κ2) is 7.60. The fraction of sp³-hybridized carbons (Fsp3) is 0.533. The first kappa shape index (κ1) is 15.3. The average molecular weight is 299 g/mol. The zero-order valence-corrected chi connectivity index (χ0v) is 12.5. The minimum Gasteiger partial charge on any atom is -0.385 e. The van der Waals surface area contributed by atoms with Gasteiger partial charge in [0.2, 0.25) is 0 Å². The molecule has 0 fully saturated rings. The predicted molar refractivity (Wildman–Crippen MR) is 79.8 cm³/mol. The van der Waals surface area contributed by atoms with Gasteiger partial charge >= 0.3 is 0 Å². The first-order valence-electron chi connectivity index (χ1n) is 6.96. The van der Waals surface area contributed by atoms with Crippen LogP contribution in [0.15, 0.2) is 18.2 Å². The van der Waals surface area contributed by atoms with Crippen LogP contribution in [0.5, 0.6) is 0 Å². The Morgan fingerprint density at radius 3 is 2.90 bits per heavy atom. The number of rotatable bonds is 8. The fourth-order valence-electron chi connectivity index (χ4n) is 2.36. The van der Waals surface area contributed by atoms with E-state index in [1.165, 1.54) is 6.07 Å². The Labute approximate surface area is 123 Å². The van der Waals surface area contributed by atoms with Gasteiger partial charge in [-0.15, -0.1) is 11.6 Å². The number of nitrogens with zero attached hydrogens (tertiary/aromatic N) is 2. The molecule has 0 amide bonds. The molecule has 0 unspecified atom stereocenters. The van der Waals surface area contributed by atoms with Gasteiger partial charge in [-0.3, -0.25) is 0 Å². The number of ether oxygens (including phenoxy) is 1. The molecule has 3 nitrogen and oxygen atoms in total. The number of aromatic nitrogens is 2. The summed E-state index contributed by atoms with van der Waals surface area (Å²) in [4.78, 5) is 4.55. The first-order chi connectivity index (χ1) is 9.76. The maximum absolute atomic E-state index is 13.4. The molecule has 5 heteroatoms. The van der Waals surface area contributed by atoms with E-state index in [1.54, 1.807) is 19.2 Å². The molecule has 2 rings (SSSR count). The van der Waals surface area contributed by atoms with Gasteiger partial charge in [-0.2, -0.15) is 0 Å². The quantitative estimate of drug-likeness (QED) is 0.548. The van der Waals surface area contributed by atoms with Crippen molar-refractivity contribution in [3.8, 4) is 0 Å². The highest BCUT2D eigenvalue weighted by Gasteiger charge is 2.10. The standard InChI is InChI=1S/C15H20ClFN2O/c1-20-10-4-2-3-9-19-14-11-12(17)5-6-13(14)18-15(19)7-8-16/h5-6,11H,2-4,7-10H2,1H3. The lowest BCUT2D eigenvalue weighted by atomic mass is 10.2. The Bertz CT molecular complexity index is 556. The number of alkyl halides is 1. The molecular formula is C15H20ClFN2O. The smallest absolute Gasteiger partial charge is 0.125 e. The van der Waals surface area contributed by atoms with Crippen molar-refractivity contribution in [3.63, 3.8) is 0 Å². The molecule has 0 N–H and O–H groups in total. The molecule has 0 radical (unpaired) electrons. The summed E-state index contributed by atoms with van der Waals surface area (Å²) in [5, 5.41) is 0. The van der Waals surface area contributed by atoms with Crippen LogP contribution in [-0.4, -0.2) is 29.1 Å². The van der Waals surface area contributed by atoms with Gasteiger partial charge in [0.25, 0.3) is 0 Å². The Morgan fingerprint density at radius 1 is 1.30 bits per heavy atom. The minimum atomic E-state index is -0.226. The lowest BCUT2D eigenvalue weighted by Gasteiger charge is -2.08. The van der Waals surface area contributed by atoms with Gasteiger partial charge in [-0.1, -0.05) is 0 Å². The van der Waals surface area contributed by atoms with E-state index >= 15 is 0 Å². The van der Waals surface area contributed by atoms with Crippen molar-refractivity contribution in [2.75, 3.05) is 19.6 Å². The molecule has 1 aromatic carbocycles. The predicted octanol–water partition coefficient (Wildman–Crippen LogP) is 3.77. The van der Waals surface area contributed by atoms with Crippen LogP contribution < -0.4 is 0 Å². The maximum Gasteiger partial charge on any atom is 0.125 e. The van der Waals surface area contributed by atoms with Crippen LogP contribution in [0.2, 0.25) is 0 Å². The number of hydrogen-bond donors (Lipinski definition) is 0. The number of benzene rings is 1. The topological polar surface area (TPSA) is 27.1 Å². The van der Waals surface area contributed by atoms with Crippen molar-refractivity contribution in [2.45, 2.75) is 32.2 Å². The van der Waals surface area contributed by atoms with E-state index in [0.717, 1.165) is 49.3 Å². The summed E-state index contributed by atoms with van der Waals surface area (Å²) in [6.07, 6.45) is 3.86. The molecule has 0 aliphatic rings. The highest BCUT2D eigenvalue weighted by molar-refractivity contribution is 6.17. The van der Waals surface area contributed by atoms with Gasteiger partial charge in [0.05, 0.1) is 11.0 Å². The van der Waals surface area contributed by atoms with E-state index in [-0.39, 0.29) is 5.82 Å². The molecule has 0 spiro atoms. The molecule has 110 valence electrons. The van der Waals surface area contributed by atoms with Crippen LogP contribution in [0.4, 0.5) is 4.39 Å². The van der Waals surface area contributed by atoms with Gasteiger partial charge in [0.1, 0.15) is 11.6 Å². The molecule has 0 saturated heterocycles. The zero-order valence-electron chi connectivity index (χ0n) is 11.7. The summed E-state index contributed by atoms with van der Waals surface area (Å²) in [5.74, 6) is 1.23. The number of aryl methyl sites for hydroxylation is 2. The molecule has 0 aliphatic heterocycles. The van der Waals surface area contributed by atoms with Gasteiger partial charge < -0.3 is 9.30 Å². The lowest BCUT2D eigenvalue weighted by Crippen LogP contribution is -2.05. The zero-order chi connectivity index (χ0) is 14.4. The van der Waals surface area contributed by atoms with Crippen molar-refractivity contribution in [2.24, 2.45) is 0 Å². The third-order valence-electron chi connectivity index (χ3n) is 3.34. The summed E-state index contributed by atoms with van der Waals surface area (Å²) in [7, 11) is 1.71. The molecule has 0 bridgehead atoms. The van der Waals surface area contributed by atoms with Crippen LogP contribution in [0, 0.1) is 5.82 Å². The summed E-state index contributed by atoms with van der Waals surface area (Å²) in [5.41, 5.74) is 1.69. The number of methoxy groups -OCH3 is 1. The second-order valence-corrected chi connectivity index (χ2v) is 5.18. The van der Waals surface area contributed by atoms with Crippen molar-refractivity contribution in [3.05, 3.63) is 29.8 Å². The first-order valence-corrected chi connectivity index (χ1v) is 7.49. The monoisotopic (exact) mass is 298 g/mol. The molecule has 0 atom stereocenters. The van der Waals surface area contributed by atoms with E-state index in [9.17, 15) is 4.39 Å². The van der Waals surface area contributed by atoms with Crippen LogP contribution in [0.25, 0.3) is 11.0 Å². The van der Waals surface area contributed by atoms with Crippen molar-refractivity contribution >= 4 is 22.6 Å². The van der Waals surface area contributed by atoms with E-state index in [2.05, 4.69) is 9.55 Å². The van der Waals surface area contributed by atoms with E-state index in [4.69, 9.17) is 16.3 Å². The summed E-state index contributed by atoms with van der Waals surface area (Å²) < 4.78 is 20.5.